The second-order valence-electron chi connectivity index (χ2n) is 6.28. The van der Waals surface area contributed by atoms with Gasteiger partial charge in [0, 0.05) is 13.0 Å². The molecule has 1 aromatic heterocycles. The summed E-state index contributed by atoms with van der Waals surface area (Å²) in [5.74, 6) is 0.912. The van der Waals surface area contributed by atoms with Gasteiger partial charge in [-0.2, -0.15) is 0 Å². The Kier molecular flexibility index (Phi) is 6.26. The third kappa shape index (κ3) is 4.30. The first-order valence-corrected chi connectivity index (χ1v) is 9.98. The van der Waals surface area contributed by atoms with Crippen LogP contribution in [0.5, 0.6) is 5.75 Å². The van der Waals surface area contributed by atoms with Crippen molar-refractivity contribution in [2.45, 2.75) is 52.1 Å². The molecule has 1 aliphatic heterocycles. The average Bonchev–Trinajstić information content (AvgIpc) is 3.27. The number of carbonyl (C=O) groups excluding carboxylic acids is 1. The van der Waals surface area contributed by atoms with Crippen LogP contribution >= 0.6 is 11.3 Å². The molecule has 0 N–H and O–H groups in total. The zero-order chi connectivity index (χ0) is 17.6. The number of benzene rings is 1. The number of amides is 1. The Balaban J connectivity index is 1.89. The summed E-state index contributed by atoms with van der Waals surface area (Å²) in [7, 11) is 0. The van der Waals surface area contributed by atoms with Crippen LogP contribution < -0.4 is 9.64 Å². The predicted octanol–water partition coefficient (Wildman–Crippen LogP) is 4.40. The summed E-state index contributed by atoms with van der Waals surface area (Å²) in [5, 5.41) is 0.749. The van der Waals surface area contributed by atoms with Crippen molar-refractivity contribution in [2.75, 3.05) is 24.7 Å². The first-order chi connectivity index (χ1) is 12.2. The second-order valence-corrected chi connectivity index (χ2v) is 7.28. The van der Waals surface area contributed by atoms with Crippen molar-refractivity contribution in [1.29, 1.82) is 0 Å². The number of rotatable bonds is 8. The normalized spacial score (nSPS) is 17.1. The molecule has 1 aliphatic rings. The molecule has 0 bridgehead atoms. The molecule has 0 saturated carbocycles. The minimum Gasteiger partial charge on any atom is -0.492 e. The molecule has 1 fully saturated rings. The third-order valence-electron chi connectivity index (χ3n) is 4.36. The number of aromatic nitrogens is 1. The van der Waals surface area contributed by atoms with Gasteiger partial charge in [0.1, 0.15) is 11.3 Å². The number of anilines is 1. The van der Waals surface area contributed by atoms with Crippen LogP contribution in [0.1, 0.15) is 46.0 Å². The number of thiazole rings is 1. The first kappa shape index (κ1) is 18.1. The smallest absolute Gasteiger partial charge is 0.228 e. The lowest BCUT2D eigenvalue weighted by Crippen LogP contribution is -2.37. The van der Waals surface area contributed by atoms with Gasteiger partial charge in [0.15, 0.2) is 5.13 Å². The van der Waals surface area contributed by atoms with E-state index in [-0.39, 0.29) is 12.0 Å². The number of unbranched alkanes of at least 4 members (excludes halogenated alkanes) is 1. The van der Waals surface area contributed by atoms with Crippen LogP contribution in [0, 0.1) is 0 Å². The molecule has 2 aromatic rings. The molecule has 1 atom stereocenters. The molecular weight excluding hydrogens is 336 g/mol. The van der Waals surface area contributed by atoms with Crippen molar-refractivity contribution in [2.24, 2.45) is 0 Å². The maximum Gasteiger partial charge on any atom is 0.228 e. The Bertz CT molecular complexity index is 710. The fraction of sp³-hybridized carbons (Fsp3) is 0.579. The van der Waals surface area contributed by atoms with Gasteiger partial charge >= 0.3 is 0 Å². The molecule has 5 nitrogen and oxygen atoms in total. The molecule has 0 radical (unpaired) electrons. The SMILES string of the molecule is CCCCC(=O)N(CC1CCCO1)c1nc2c(OCC)cccc2s1. The van der Waals surface area contributed by atoms with E-state index in [0.717, 1.165) is 53.4 Å². The van der Waals surface area contributed by atoms with Gasteiger partial charge in [0.25, 0.3) is 0 Å². The highest BCUT2D eigenvalue weighted by Crippen LogP contribution is 2.35. The molecule has 3 rings (SSSR count). The maximum absolute atomic E-state index is 12.8. The molecular formula is C19H26N2O3S. The first-order valence-electron chi connectivity index (χ1n) is 9.17. The summed E-state index contributed by atoms with van der Waals surface area (Å²) in [6, 6.07) is 5.93. The monoisotopic (exact) mass is 362 g/mol. The molecule has 2 heterocycles. The van der Waals surface area contributed by atoms with Gasteiger partial charge in [-0.3, -0.25) is 9.69 Å². The van der Waals surface area contributed by atoms with E-state index in [2.05, 4.69) is 6.92 Å². The van der Waals surface area contributed by atoms with E-state index in [1.54, 1.807) is 11.3 Å². The van der Waals surface area contributed by atoms with Crippen LogP contribution in [0.3, 0.4) is 0 Å². The summed E-state index contributed by atoms with van der Waals surface area (Å²) in [5.41, 5.74) is 0.838. The fourth-order valence-electron chi connectivity index (χ4n) is 3.04. The maximum atomic E-state index is 12.8. The van der Waals surface area contributed by atoms with E-state index in [4.69, 9.17) is 14.5 Å². The van der Waals surface area contributed by atoms with Gasteiger partial charge in [0.2, 0.25) is 5.91 Å². The number of para-hydroxylation sites is 1. The topological polar surface area (TPSA) is 51.7 Å². The summed E-state index contributed by atoms with van der Waals surface area (Å²) in [6.07, 6.45) is 4.65. The zero-order valence-electron chi connectivity index (χ0n) is 15.0. The lowest BCUT2D eigenvalue weighted by molar-refractivity contribution is -0.119. The van der Waals surface area contributed by atoms with Crippen molar-refractivity contribution in [1.82, 2.24) is 4.98 Å². The largest absolute Gasteiger partial charge is 0.492 e. The molecule has 0 aliphatic carbocycles. The minimum atomic E-state index is 0.115. The summed E-state index contributed by atoms with van der Waals surface area (Å²) < 4.78 is 12.5. The van der Waals surface area contributed by atoms with Crippen molar-refractivity contribution in [3.05, 3.63) is 18.2 Å². The molecule has 136 valence electrons. The minimum absolute atomic E-state index is 0.115. The number of carbonyl (C=O) groups is 1. The number of hydrogen-bond acceptors (Lipinski definition) is 5. The molecule has 25 heavy (non-hydrogen) atoms. The quantitative estimate of drug-likeness (QED) is 0.698. The summed E-state index contributed by atoms with van der Waals surface area (Å²) in [4.78, 5) is 19.4. The Labute approximate surface area is 152 Å². The molecule has 6 heteroatoms. The highest BCUT2D eigenvalue weighted by atomic mass is 32.1. The van der Waals surface area contributed by atoms with Gasteiger partial charge in [-0.15, -0.1) is 0 Å². The van der Waals surface area contributed by atoms with Gasteiger partial charge in [-0.25, -0.2) is 4.98 Å². The van der Waals surface area contributed by atoms with Crippen LogP contribution in [0.15, 0.2) is 18.2 Å². The van der Waals surface area contributed by atoms with Crippen LogP contribution in [0.2, 0.25) is 0 Å². The number of fused-ring (bicyclic) bond motifs is 1. The highest BCUT2D eigenvalue weighted by molar-refractivity contribution is 7.22. The van der Waals surface area contributed by atoms with E-state index in [1.807, 2.05) is 30.0 Å². The van der Waals surface area contributed by atoms with Crippen molar-refractivity contribution < 1.29 is 14.3 Å². The average molecular weight is 362 g/mol. The summed E-state index contributed by atoms with van der Waals surface area (Å²) in [6.45, 7) is 6.04. The zero-order valence-corrected chi connectivity index (χ0v) is 15.8. The highest BCUT2D eigenvalue weighted by Gasteiger charge is 2.26. The van der Waals surface area contributed by atoms with E-state index >= 15 is 0 Å². The molecule has 1 unspecified atom stereocenters. The lowest BCUT2D eigenvalue weighted by Gasteiger charge is -2.23. The second kappa shape index (κ2) is 8.63. The molecule has 0 spiro atoms. The Morgan fingerprint density at radius 2 is 2.32 bits per heavy atom. The van der Waals surface area contributed by atoms with E-state index < -0.39 is 0 Å². The number of ether oxygens (including phenoxy) is 2. The summed E-state index contributed by atoms with van der Waals surface area (Å²) >= 11 is 1.55. The molecule has 1 aromatic carbocycles. The van der Waals surface area contributed by atoms with Crippen molar-refractivity contribution in [3.63, 3.8) is 0 Å². The van der Waals surface area contributed by atoms with Crippen molar-refractivity contribution >= 4 is 32.6 Å². The standard InChI is InChI=1S/C19H26N2O3S/c1-3-5-11-17(22)21(13-14-8-7-12-24-14)19-20-18-15(23-4-2)9-6-10-16(18)25-19/h6,9-10,14H,3-5,7-8,11-13H2,1-2H3. The van der Waals surface area contributed by atoms with Crippen LogP contribution in [0.4, 0.5) is 5.13 Å². The Morgan fingerprint density at radius 3 is 3.04 bits per heavy atom. The van der Waals surface area contributed by atoms with Crippen LogP contribution in [-0.2, 0) is 9.53 Å². The van der Waals surface area contributed by atoms with Crippen LogP contribution in [0.25, 0.3) is 10.2 Å². The van der Waals surface area contributed by atoms with E-state index in [9.17, 15) is 4.79 Å². The van der Waals surface area contributed by atoms with Crippen LogP contribution in [-0.4, -0.2) is 36.8 Å². The van der Waals surface area contributed by atoms with Gasteiger partial charge in [-0.1, -0.05) is 30.7 Å². The predicted molar refractivity (Wildman–Crippen MR) is 102 cm³/mol. The molecule has 1 amide bonds. The number of hydrogen-bond donors (Lipinski definition) is 0. The Hall–Kier alpha value is -1.66. The Morgan fingerprint density at radius 1 is 1.44 bits per heavy atom. The van der Waals surface area contributed by atoms with Gasteiger partial charge in [0.05, 0.1) is 24.0 Å². The van der Waals surface area contributed by atoms with E-state index in [1.165, 1.54) is 0 Å². The lowest BCUT2D eigenvalue weighted by atomic mass is 10.2. The van der Waals surface area contributed by atoms with Gasteiger partial charge in [-0.05, 0) is 38.3 Å². The third-order valence-corrected chi connectivity index (χ3v) is 5.40. The fourth-order valence-corrected chi connectivity index (χ4v) is 4.05. The van der Waals surface area contributed by atoms with Gasteiger partial charge < -0.3 is 9.47 Å². The van der Waals surface area contributed by atoms with E-state index in [0.29, 0.717) is 19.6 Å². The number of nitrogens with zero attached hydrogens (tertiary/aromatic N) is 2. The van der Waals surface area contributed by atoms with Crippen molar-refractivity contribution in [3.8, 4) is 5.75 Å². The molecule has 1 saturated heterocycles.